The summed E-state index contributed by atoms with van der Waals surface area (Å²) in [5, 5.41) is 0.912. The van der Waals surface area contributed by atoms with Crippen LogP contribution in [-0.4, -0.2) is 5.33 Å². The zero-order chi connectivity index (χ0) is 14.5. The Balaban J connectivity index is 2.06. The SMILES string of the molecule is Cc1ccc(CC(CBr)Cc2cc(F)cc(Br)c2)cc1. The van der Waals surface area contributed by atoms with E-state index >= 15 is 0 Å². The third-order valence-electron chi connectivity index (χ3n) is 3.31. The Morgan fingerprint density at radius 1 is 1.00 bits per heavy atom. The van der Waals surface area contributed by atoms with E-state index in [0.717, 1.165) is 28.2 Å². The molecule has 2 aromatic carbocycles. The molecule has 0 aromatic heterocycles. The van der Waals surface area contributed by atoms with E-state index in [9.17, 15) is 4.39 Å². The lowest BCUT2D eigenvalue weighted by atomic mass is 9.94. The van der Waals surface area contributed by atoms with Crippen molar-refractivity contribution in [3.8, 4) is 0 Å². The van der Waals surface area contributed by atoms with Gasteiger partial charge < -0.3 is 0 Å². The smallest absolute Gasteiger partial charge is 0.124 e. The van der Waals surface area contributed by atoms with E-state index in [0.29, 0.717) is 5.92 Å². The van der Waals surface area contributed by atoms with Gasteiger partial charge in [0.25, 0.3) is 0 Å². The van der Waals surface area contributed by atoms with E-state index in [1.165, 1.54) is 17.2 Å². The van der Waals surface area contributed by atoms with Crippen LogP contribution in [0.3, 0.4) is 0 Å². The van der Waals surface area contributed by atoms with Gasteiger partial charge in [-0.05, 0) is 55.0 Å². The van der Waals surface area contributed by atoms with Gasteiger partial charge in [-0.25, -0.2) is 4.39 Å². The molecule has 0 aliphatic carbocycles. The largest absolute Gasteiger partial charge is 0.207 e. The average molecular weight is 400 g/mol. The summed E-state index contributed by atoms with van der Waals surface area (Å²) in [6.07, 6.45) is 1.87. The molecule has 0 saturated heterocycles. The molecule has 1 atom stereocenters. The predicted octanol–water partition coefficient (Wildman–Crippen LogP) is 5.69. The highest BCUT2D eigenvalue weighted by molar-refractivity contribution is 9.10. The molecule has 0 radical (unpaired) electrons. The Morgan fingerprint density at radius 3 is 2.25 bits per heavy atom. The zero-order valence-electron chi connectivity index (χ0n) is 11.4. The fraction of sp³-hybridized carbons (Fsp3) is 0.294. The third kappa shape index (κ3) is 4.71. The number of hydrogen-bond acceptors (Lipinski definition) is 0. The van der Waals surface area contributed by atoms with Gasteiger partial charge >= 0.3 is 0 Å². The molecule has 3 heteroatoms. The molecule has 106 valence electrons. The van der Waals surface area contributed by atoms with Crippen LogP contribution in [0.15, 0.2) is 46.9 Å². The molecule has 0 aliphatic rings. The fourth-order valence-electron chi connectivity index (χ4n) is 2.30. The lowest BCUT2D eigenvalue weighted by Crippen LogP contribution is -2.10. The molecular formula is C17H17Br2F. The summed E-state index contributed by atoms with van der Waals surface area (Å²) in [4.78, 5) is 0. The van der Waals surface area contributed by atoms with Crippen molar-refractivity contribution in [2.24, 2.45) is 5.92 Å². The molecule has 0 N–H and O–H groups in total. The van der Waals surface area contributed by atoms with Crippen molar-refractivity contribution in [3.63, 3.8) is 0 Å². The lowest BCUT2D eigenvalue weighted by molar-refractivity contribution is 0.582. The standard InChI is InChI=1S/C17H17Br2F/c1-12-2-4-13(5-3-12)6-15(11-18)7-14-8-16(19)10-17(20)9-14/h2-5,8-10,15H,6-7,11H2,1H3. The van der Waals surface area contributed by atoms with Crippen molar-refractivity contribution in [2.45, 2.75) is 19.8 Å². The van der Waals surface area contributed by atoms with E-state index in [-0.39, 0.29) is 5.82 Å². The van der Waals surface area contributed by atoms with E-state index in [2.05, 4.69) is 63.0 Å². The first-order chi connectivity index (χ1) is 9.56. The van der Waals surface area contributed by atoms with E-state index in [1.54, 1.807) is 6.07 Å². The van der Waals surface area contributed by atoms with Crippen molar-refractivity contribution in [1.29, 1.82) is 0 Å². The molecule has 0 heterocycles. The number of halogens is 3. The zero-order valence-corrected chi connectivity index (χ0v) is 14.5. The summed E-state index contributed by atoms with van der Waals surface area (Å²) in [6, 6.07) is 13.7. The molecular weight excluding hydrogens is 383 g/mol. The molecule has 0 amide bonds. The first kappa shape index (κ1) is 15.7. The molecule has 0 bridgehead atoms. The lowest BCUT2D eigenvalue weighted by Gasteiger charge is -2.15. The molecule has 0 aliphatic heterocycles. The molecule has 20 heavy (non-hydrogen) atoms. The summed E-state index contributed by atoms with van der Waals surface area (Å²) < 4.78 is 14.2. The highest BCUT2D eigenvalue weighted by Crippen LogP contribution is 2.21. The van der Waals surface area contributed by atoms with Gasteiger partial charge in [0.15, 0.2) is 0 Å². The normalized spacial score (nSPS) is 12.4. The van der Waals surface area contributed by atoms with Crippen molar-refractivity contribution < 1.29 is 4.39 Å². The molecule has 0 spiro atoms. The Hall–Kier alpha value is -0.670. The summed E-state index contributed by atoms with van der Waals surface area (Å²) in [5.41, 5.74) is 3.64. The molecule has 2 rings (SSSR count). The van der Waals surface area contributed by atoms with Gasteiger partial charge in [0.2, 0.25) is 0 Å². The minimum absolute atomic E-state index is 0.182. The minimum atomic E-state index is -0.182. The van der Waals surface area contributed by atoms with Crippen molar-refractivity contribution >= 4 is 31.9 Å². The van der Waals surface area contributed by atoms with Gasteiger partial charge in [0, 0.05) is 9.80 Å². The van der Waals surface area contributed by atoms with Crippen LogP contribution in [0.25, 0.3) is 0 Å². The second-order valence-corrected chi connectivity index (χ2v) is 6.76. The number of benzene rings is 2. The van der Waals surface area contributed by atoms with Crippen LogP contribution in [-0.2, 0) is 12.8 Å². The van der Waals surface area contributed by atoms with Crippen LogP contribution in [0, 0.1) is 18.7 Å². The summed E-state index contributed by atoms with van der Waals surface area (Å²) in [6.45, 7) is 2.09. The molecule has 0 nitrogen and oxygen atoms in total. The van der Waals surface area contributed by atoms with E-state index < -0.39 is 0 Å². The van der Waals surface area contributed by atoms with Crippen LogP contribution in [0.4, 0.5) is 4.39 Å². The first-order valence-corrected chi connectivity index (χ1v) is 8.54. The molecule has 0 saturated carbocycles. The maximum absolute atomic E-state index is 13.4. The summed E-state index contributed by atoms with van der Waals surface area (Å²) in [5.74, 6) is 0.282. The van der Waals surface area contributed by atoms with Crippen molar-refractivity contribution in [2.75, 3.05) is 5.33 Å². The second-order valence-electron chi connectivity index (χ2n) is 5.19. The highest BCUT2D eigenvalue weighted by Gasteiger charge is 2.11. The summed E-state index contributed by atoms with van der Waals surface area (Å²) in [7, 11) is 0. The fourth-order valence-corrected chi connectivity index (χ4v) is 3.27. The van der Waals surface area contributed by atoms with Crippen LogP contribution < -0.4 is 0 Å². The molecule has 2 aromatic rings. The number of alkyl halides is 1. The Labute approximate surface area is 136 Å². The van der Waals surface area contributed by atoms with E-state index in [1.807, 2.05) is 6.07 Å². The van der Waals surface area contributed by atoms with Crippen LogP contribution in [0.5, 0.6) is 0 Å². The van der Waals surface area contributed by atoms with Crippen LogP contribution >= 0.6 is 31.9 Å². The van der Waals surface area contributed by atoms with Gasteiger partial charge in [0.1, 0.15) is 5.82 Å². The summed E-state index contributed by atoms with van der Waals surface area (Å²) >= 11 is 6.92. The number of rotatable bonds is 5. The second kappa shape index (κ2) is 7.37. The van der Waals surface area contributed by atoms with Gasteiger partial charge in [-0.3, -0.25) is 0 Å². The van der Waals surface area contributed by atoms with Gasteiger partial charge in [-0.2, -0.15) is 0 Å². The average Bonchev–Trinajstić information content (AvgIpc) is 2.39. The number of aryl methyl sites for hydroxylation is 1. The van der Waals surface area contributed by atoms with Gasteiger partial charge in [-0.1, -0.05) is 61.7 Å². The topological polar surface area (TPSA) is 0 Å². The Morgan fingerprint density at radius 2 is 1.65 bits per heavy atom. The molecule has 0 fully saturated rings. The van der Waals surface area contributed by atoms with Gasteiger partial charge in [-0.15, -0.1) is 0 Å². The molecule has 1 unspecified atom stereocenters. The van der Waals surface area contributed by atoms with E-state index in [4.69, 9.17) is 0 Å². The number of hydrogen-bond donors (Lipinski definition) is 0. The third-order valence-corrected chi connectivity index (χ3v) is 4.68. The maximum atomic E-state index is 13.4. The van der Waals surface area contributed by atoms with Crippen LogP contribution in [0.2, 0.25) is 0 Å². The quantitative estimate of drug-likeness (QED) is 0.566. The monoisotopic (exact) mass is 398 g/mol. The van der Waals surface area contributed by atoms with Gasteiger partial charge in [0.05, 0.1) is 0 Å². The van der Waals surface area contributed by atoms with Crippen molar-refractivity contribution in [3.05, 3.63) is 69.4 Å². The Bertz CT molecular complexity index is 543. The minimum Gasteiger partial charge on any atom is -0.207 e. The van der Waals surface area contributed by atoms with Crippen molar-refractivity contribution in [1.82, 2.24) is 0 Å². The Kier molecular flexibility index (Phi) is 5.79. The van der Waals surface area contributed by atoms with Crippen LogP contribution in [0.1, 0.15) is 16.7 Å². The highest BCUT2D eigenvalue weighted by atomic mass is 79.9. The first-order valence-electron chi connectivity index (χ1n) is 6.63. The predicted molar refractivity (Wildman–Crippen MR) is 90.0 cm³/mol. The maximum Gasteiger partial charge on any atom is 0.124 e.